The summed E-state index contributed by atoms with van der Waals surface area (Å²) in [5.74, 6) is 0. The lowest BCUT2D eigenvalue weighted by molar-refractivity contribution is -0.0938. The van der Waals surface area contributed by atoms with E-state index >= 15 is 0 Å². The van der Waals surface area contributed by atoms with Crippen LogP contribution in [0.1, 0.15) is 32.1 Å². The Kier molecular flexibility index (Phi) is 2.44. The molecule has 0 radical (unpaired) electrons. The topological polar surface area (TPSA) is 12.5 Å². The van der Waals surface area contributed by atoms with Crippen molar-refractivity contribution in [3.63, 3.8) is 0 Å². The van der Waals surface area contributed by atoms with E-state index in [0.29, 0.717) is 6.23 Å². The molecular weight excluding hydrogens is 138 g/mol. The summed E-state index contributed by atoms with van der Waals surface area (Å²) in [5, 5.41) is 0. The molecule has 0 aromatic rings. The van der Waals surface area contributed by atoms with Gasteiger partial charge in [-0.3, -0.25) is 4.90 Å². The normalized spacial score (nSPS) is 34.4. The molecule has 0 N–H and O–H groups in total. The quantitative estimate of drug-likeness (QED) is 0.527. The van der Waals surface area contributed by atoms with Gasteiger partial charge in [-0.2, -0.15) is 0 Å². The van der Waals surface area contributed by atoms with Crippen LogP contribution in [0.4, 0.5) is 0 Å². The largest absolute Gasteiger partial charge is 0.363 e. The van der Waals surface area contributed by atoms with Crippen molar-refractivity contribution in [2.75, 3.05) is 19.7 Å². The molecule has 2 heteroatoms. The first-order valence-corrected chi connectivity index (χ1v) is 4.82. The van der Waals surface area contributed by atoms with E-state index < -0.39 is 0 Å². The molecule has 0 aromatic heterocycles. The molecule has 64 valence electrons. The first kappa shape index (κ1) is 7.56. The third-order valence-electron chi connectivity index (χ3n) is 2.70. The van der Waals surface area contributed by atoms with Crippen LogP contribution in [0.2, 0.25) is 0 Å². The van der Waals surface area contributed by atoms with Crippen molar-refractivity contribution in [3.05, 3.63) is 0 Å². The minimum Gasteiger partial charge on any atom is -0.363 e. The summed E-state index contributed by atoms with van der Waals surface area (Å²) in [7, 11) is 0. The molecule has 11 heavy (non-hydrogen) atoms. The van der Waals surface area contributed by atoms with E-state index in [9.17, 15) is 0 Å². The van der Waals surface area contributed by atoms with Crippen LogP contribution in [0.3, 0.4) is 0 Å². The Morgan fingerprint density at radius 1 is 1.00 bits per heavy atom. The van der Waals surface area contributed by atoms with Gasteiger partial charge in [0.2, 0.25) is 0 Å². The van der Waals surface area contributed by atoms with E-state index in [1.165, 1.54) is 45.2 Å². The summed E-state index contributed by atoms with van der Waals surface area (Å²) < 4.78 is 5.69. The van der Waals surface area contributed by atoms with Crippen LogP contribution in [0.5, 0.6) is 0 Å². The maximum atomic E-state index is 5.69. The molecule has 0 bridgehead atoms. The summed E-state index contributed by atoms with van der Waals surface area (Å²) in [6.45, 7) is 3.52. The molecular formula is C9H17NO. The second-order valence-electron chi connectivity index (χ2n) is 3.56. The Bertz CT molecular complexity index is 113. The van der Waals surface area contributed by atoms with Gasteiger partial charge in [0.05, 0.1) is 0 Å². The molecule has 2 saturated heterocycles. The van der Waals surface area contributed by atoms with Gasteiger partial charge in [0.15, 0.2) is 0 Å². The minimum absolute atomic E-state index is 0.478. The first-order valence-electron chi connectivity index (χ1n) is 4.82. The predicted molar refractivity (Wildman–Crippen MR) is 44.4 cm³/mol. The van der Waals surface area contributed by atoms with Gasteiger partial charge in [-0.15, -0.1) is 0 Å². The molecule has 0 aliphatic carbocycles. The summed E-state index contributed by atoms with van der Waals surface area (Å²) in [5.41, 5.74) is 0. The molecule has 2 nitrogen and oxygen atoms in total. The number of hydrogen-bond donors (Lipinski definition) is 0. The van der Waals surface area contributed by atoms with Crippen molar-refractivity contribution in [3.8, 4) is 0 Å². The van der Waals surface area contributed by atoms with Crippen molar-refractivity contribution in [1.82, 2.24) is 4.90 Å². The molecule has 2 aliphatic heterocycles. The zero-order valence-electron chi connectivity index (χ0n) is 7.09. The highest BCUT2D eigenvalue weighted by molar-refractivity contribution is 4.71. The highest BCUT2D eigenvalue weighted by Gasteiger charge is 2.23. The SMILES string of the molecule is C1CCC2OCCCN2CC1. The zero-order chi connectivity index (χ0) is 7.52. The number of fused-ring (bicyclic) bond motifs is 1. The molecule has 1 unspecified atom stereocenters. The third-order valence-corrected chi connectivity index (χ3v) is 2.70. The van der Waals surface area contributed by atoms with Gasteiger partial charge in [0.25, 0.3) is 0 Å². The zero-order valence-corrected chi connectivity index (χ0v) is 7.09. The van der Waals surface area contributed by atoms with Gasteiger partial charge in [0.1, 0.15) is 6.23 Å². The smallest absolute Gasteiger partial charge is 0.110 e. The lowest BCUT2D eigenvalue weighted by Gasteiger charge is -2.33. The van der Waals surface area contributed by atoms with Crippen molar-refractivity contribution >= 4 is 0 Å². The van der Waals surface area contributed by atoms with E-state index in [-0.39, 0.29) is 0 Å². The van der Waals surface area contributed by atoms with E-state index in [1.807, 2.05) is 0 Å². The highest BCUT2D eigenvalue weighted by Crippen LogP contribution is 2.20. The molecule has 0 aromatic carbocycles. The van der Waals surface area contributed by atoms with E-state index in [1.54, 1.807) is 0 Å². The Morgan fingerprint density at radius 3 is 2.91 bits per heavy atom. The Hall–Kier alpha value is -0.0800. The second kappa shape index (κ2) is 3.55. The summed E-state index contributed by atoms with van der Waals surface area (Å²) in [6, 6.07) is 0. The van der Waals surface area contributed by atoms with Gasteiger partial charge in [0, 0.05) is 19.7 Å². The molecule has 2 aliphatic rings. The number of rotatable bonds is 0. The third kappa shape index (κ3) is 1.74. The molecule has 2 rings (SSSR count). The van der Waals surface area contributed by atoms with Crippen LogP contribution in [0, 0.1) is 0 Å². The van der Waals surface area contributed by atoms with E-state index in [0.717, 1.165) is 6.61 Å². The van der Waals surface area contributed by atoms with Gasteiger partial charge in [-0.05, 0) is 25.7 Å². The van der Waals surface area contributed by atoms with E-state index in [4.69, 9.17) is 4.74 Å². The van der Waals surface area contributed by atoms with Gasteiger partial charge >= 0.3 is 0 Å². The maximum Gasteiger partial charge on any atom is 0.110 e. The molecule has 2 fully saturated rings. The van der Waals surface area contributed by atoms with Crippen LogP contribution >= 0.6 is 0 Å². The second-order valence-corrected chi connectivity index (χ2v) is 3.56. The molecule has 1 atom stereocenters. The molecule has 2 heterocycles. The monoisotopic (exact) mass is 155 g/mol. The lowest BCUT2D eigenvalue weighted by atomic mass is 10.2. The number of hydrogen-bond acceptors (Lipinski definition) is 2. The molecule has 0 spiro atoms. The Morgan fingerprint density at radius 2 is 1.91 bits per heavy atom. The number of nitrogens with zero attached hydrogens (tertiary/aromatic N) is 1. The summed E-state index contributed by atoms with van der Waals surface area (Å²) in [6.07, 6.45) is 7.11. The van der Waals surface area contributed by atoms with Crippen molar-refractivity contribution < 1.29 is 4.74 Å². The van der Waals surface area contributed by atoms with Crippen LogP contribution in [0.15, 0.2) is 0 Å². The minimum atomic E-state index is 0.478. The summed E-state index contributed by atoms with van der Waals surface area (Å²) >= 11 is 0. The fraction of sp³-hybridized carbons (Fsp3) is 1.00. The lowest BCUT2D eigenvalue weighted by Crippen LogP contribution is -2.42. The molecule has 0 amide bonds. The van der Waals surface area contributed by atoms with Crippen molar-refractivity contribution in [1.29, 1.82) is 0 Å². The first-order chi connectivity index (χ1) is 5.47. The van der Waals surface area contributed by atoms with Crippen LogP contribution in [0.25, 0.3) is 0 Å². The highest BCUT2D eigenvalue weighted by atomic mass is 16.5. The predicted octanol–water partition coefficient (Wildman–Crippen LogP) is 1.61. The summed E-state index contributed by atoms with van der Waals surface area (Å²) in [4.78, 5) is 2.51. The average Bonchev–Trinajstić information content (AvgIpc) is 2.28. The van der Waals surface area contributed by atoms with Crippen molar-refractivity contribution in [2.24, 2.45) is 0 Å². The Labute approximate surface area is 68.5 Å². The fourth-order valence-corrected chi connectivity index (χ4v) is 2.07. The number of ether oxygens (including phenoxy) is 1. The standard InChI is InChI=1S/C9H17NO/c1-2-5-9-10(6-3-1)7-4-8-11-9/h9H,1-8H2. The fourth-order valence-electron chi connectivity index (χ4n) is 2.07. The molecule has 0 saturated carbocycles. The van der Waals surface area contributed by atoms with Crippen LogP contribution in [-0.2, 0) is 4.74 Å². The van der Waals surface area contributed by atoms with Gasteiger partial charge < -0.3 is 4.74 Å². The average molecular weight is 155 g/mol. The van der Waals surface area contributed by atoms with E-state index in [2.05, 4.69) is 4.90 Å². The van der Waals surface area contributed by atoms with Crippen LogP contribution in [-0.4, -0.2) is 30.8 Å². The van der Waals surface area contributed by atoms with Crippen LogP contribution < -0.4 is 0 Å². The van der Waals surface area contributed by atoms with Gasteiger partial charge in [-0.25, -0.2) is 0 Å². The maximum absolute atomic E-state index is 5.69. The Balaban J connectivity index is 1.93. The van der Waals surface area contributed by atoms with Crippen molar-refractivity contribution in [2.45, 2.75) is 38.3 Å². The van der Waals surface area contributed by atoms with Gasteiger partial charge in [-0.1, -0.05) is 6.42 Å².